The molecule has 7 nitrogen and oxygen atoms in total. The zero-order valence-electron chi connectivity index (χ0n) is 14.4. The standard InChI is InChI=1S/C18H17Cl2N5O2/c1-18(7-6-11(19)8-14(18)20)10-2-4-12(5-3-10)25-9-13(15(21)26)16(24-25)23-17(22)27/h2-6,8-9H,7H2,1H3,(H2,21,26)(H3,22,23,24,27). The minimum Gasteiger partial charge on any atom is -0.365 e. The molecule has 1 unspecified atom stereocenters. The van der Waals surface area contributed by atoms with E-state index in [0.29, 0.717) is 22.2 Å². The number of anilines is 1. The average molecular weight is 406 g/mol. The lowest BCUT2D eigenvalue weighted by Gasteiger charge is -2.31. The van der Waals surface area contributed by atoms with Gasteiger partial charge in [0.15, 0.2) is 5.82 Å². The highest BCUT2D eigenvalue weighted by atomic mass is 35.5. The monoisotopic (exact) mass is 405 g/mol. The molecular formula is C18H17Cl2N5O2. The number of nitrogens with two attached hydrogens (primary N) is 2. The molecule has 1 aromatic heterocycles. The van der Waals surface area contributed by atoms with Crippen LogP contribution < -0.4 is 16.8 Å². The number of benzene rings is 1. The van der Waals surface area contributed by atoms with Crippen LogP contribution in [0.15, 0.2) is 52.7 Å². The first-order chi connectivity index (χ1) is 12.7. The number of rotatable bonds is 4. The van der Waals surface area contributed by atoms with Gasteiger partial charge in [0.25, 0.3) is 5.91 Å². The first kappa shape index (κ1) is 19.0. The first-order valence-corrected chi connectivity index (χ1v) is 8.76. The molecule has 0 radical (unpaired) electrons. The third-order valence-electron chi connectivity index (χ3n) is 4.49. The van der Waals surface area contributed by atoms with Gasteiger partial charge in [0.2, 0.25) is 0 Å². The zero-order chi connectivity index (χ0) is 19.8. The molecule has 9 heteroatoms. The summed E-state index contributed by atoms with van der Waals surface area (Å²) in [6.45, 7) is 2.04. The second kappa shape index (κ2) is 7.09. The van der Waals surface area contributed by atoms with Gasteiger partial charge in [-0.3, -0.25) is 10.1 Å². The molecule has 0 aliphatic heterocycles. The summed E-state index contributed by atoms with van der Waals surface area (Å²) in [6, 6.07) is 6.67. The Labute approximate surface area is 165 Å². The van der Waals surface area contributed by atoms with Gasteiger partial charge in [0.1, 0.15) is 5.56 Å². The van der Waals surface area contributed by atoms with Gasteiger partial charge < -0.3 is 11.5 Å². The topological polar surface area (TPSA) is 116 Å². The van der Waals surface area contributed by atoms with E-state index < -0.39 is 11.9 Å². The number of allylic oxidation sites excluding steroid dienone is 4. The highest BCUT2D eigenvalue weighted by molar-refractivity contribution is 6.35. The molecule has 1 aliphatic rings. The number of aromatic nitrogens is 2. The van der Waals surface area contributed by atoms with Crippen molar-refractivity contribution in [2.45, 2.75) is 18.8 Å². The van der Waals surface area contributed by atoms with Crippen LogP contribution in [0.2, 0.25) is 0 Å². The Kier molecular flexibility index (Phi) is 4.99. The lowest BCUT2D eigenvalue weighted by molar-refractivity contribution is 0.100. The fourth-order valence-electron chi connectivity index (χ4n) is 2.87. The fraction of sp³-hybridized carbons (Fsp3) is 0.167. The molecule has 3 amide bonds. The predicted molar refractivity (Wildman–Crippen MR) is 105 cm³/mol. The Hall–Kier alpha value is -2.77. The van der Waals surface area contributed by atoms with Crippen LogP contribution in [0.3, 0.4) is 0 Å². The van der Waals surface area contributed by atoms with Crippen molar-refractivity contribution >= 4 is 41.0 Å². The summed E-state index contributed by atoms with van der Waals surface area (Å²) in [7, 11) is 0. The van der Waals surface area contributed by atoms with Gasteiger partial charge >= 0.3 is 6.03 Å². The van der Waals surface area contributed by atoms with Gasteiger partial charge in [-0.15, -0.1) is 5.10 Å². The van der Waals surface area contributed by atoms with Crippen LogP contribution in [-0.2, 0) is 5.41 Å². The number of carbonyl (C=O) groups is 2. The molecule has 27 heavy (non-hydrogen) atoms. The minimum absolute atomic E-state index is 0.00377. The Morgan fingerprint density at radius 2 is 1.89 bits per heavy atom. The number of nitrogens with one attached hydrogen (secondary N) is 1. The molecule has 0 spiro atoms. The minimum atomic E-state index is -0.837. The van der Waals surface area contributed by atoms with Crippen molar-refractivity contribution in [3.05, 3.63) is 63.8 Å². The van der Waals surface area contributed by atoms with Crippen molar-refractivity contribution < 1.29 is 9.59 Å². The van der Waals surface area contributed by atoms with E-state index in [0.717, 1.165) is 5.56 Å². The smallest absolute Gasteiger partial charge is 0.317 e. The highest BCUT2D eigenvalue weighted by Gasteiger charge is 2.31. The number of nitrogens with zero attached hydrogens (tertiary/aromatic N) is 2. The highest BCUT2D eigenvalue weighted by Crippen LogP contribution is 2.42. The van der Waals surface area contributed by atoms with Crippen LogP contribution in [0.4, 0.5) is 10.6 Å². The van der Waals surface area contributed by atoms with E-state index in [9.17, 15) is 9.59 Å². The summed E-state index contributed by atoms with van der Waals surface area (Å²) < 4.78 is 1.44. The van der Waals surface area contributed by atoms with E-state index in [1.807, 2.05) is 37.3 Å². The molecule has 1 aliphatic carbocycles. The lowest BCUT2D eigenvalue weighted by atomic mass is 9.77. The predicted octanol–water partition coefficient (Wildman–Crippen LogP) is 3.37. The lowest BCUT2D eigenvalue weighted by Crippen LogP contribution is -2.23. The van der Waals surface area contributed by atoms with Crippen LogP contribution in [0.5, 0.6) is 0 Å². The van der Waals surface area contributed by atoms with Gasteiger partial charge in [-0.1, -0.05) is 48.3 Å². The number of halogens is 2. The van der Waals surface area contributed by atoms with Crippen LogP contribution in [0.1, 0.15) is 29.3 Å². The molecule has 0 saturated heterocycles. The number of hydrogen-bond acceptors (Lipinski definition) is 3. The summed E-state index contributed by atoms with van der Waals surface area (Å²) in [6.07, 6.45) is 5.78. The SMILES string of the molecule is CC1(c2ccc(-n3cc(C(N)=O)c(NC(N)=O)n3)cc2)CC=C(Cl)C=C1Cl. The maximum Gasteiger partial charge on any atom is 0.317 e. The van der Waals surface area contributed by atoms with Gasteiger partial charge in [0.05, 0.1) is 5.69 Å². The molecule has 1 heterocycles. The van der Waals surface area contributed by atoms with E-state index in [1.165, 1.54) is 10.9 Å². The summed E-state index contributed by atoms with van der Waals surface area (Å²) >= 11 is 12.5. The van der Waals surface area contributed by atoms with Crippen LogP contribution in [0.25, 0.3) is 5.69 Å². The normalized spacial score (nSPS) is 19.2. The summed E-state index contributed by atoms with van der Waals surface area (Å²) in [4.78, 5) is 22.6. The molecule has 1 aromatic carbocycles. The van der Waals surface area contributed by atoms with Crippen LogP contribution >= 0.6 is 23.2 Å². The van der Waals surface area contributed by atoms with Crippen molar-refractivity contribution in [2.24, 2.45) is 11.5 Å². The van der Waals surface area contributed by atoms with E-state index in [-0.39, 0.29) is 16.8 Å². The molecule has 5 N–H and O–H groups in total. The van der Waals surface area contributed by atoms with Crippen molar-refractivity contribution in [3.63, 3.8) is 0 Å². The molecular weight excluding hydrogens is 389 g/mol. The van der Waals surface area contributed by atoms with Gasteiger partial charge in [-0.05, 0) is 30.2 Å². The van der Waals surface area contributed by atoms with E-state index >= 15 is 0 Å². The fourth-order valence-corrected chi connectivity index (χ4v) is 3.42. The Morgan fingerprint density at radius 3 is 2.44 bits per heavy atom. The van der Waals surface area contributed by atoms with Crippen LogP contribution in [-0.4, -0.2) is 21.7 Å². The number of urea groups is 1. The Bertz CT molecular complexity index is 978. The molecule has 140 valence electrons. The average Bonchev–Trinajstić information content (AvgIpc) is 3.02. The third-order valence-corrected chi connectivity index (χ3v) is 5.28. The number of hydrogen-bond donors (Lipinski definition) is 3. The number of amides is 3. The van der Waals surface area contributed by atoms with Gasteiger partial charge in [-0.25, -0.2) is 9.48 Å². The van der Waals surface area contributed by atoms with Gasteiger partial charge in [0, 0.05) is 21.7 Å². The number of carbonyl (C=O) groups excluding carboxylic acids is 2. The van der Waals surface area contributed by atoms with Crippen molar-refractivity contribution in [2.75, 3.05) is 5.32 Å². The summed E-state index contributed by atoms with van der Waals surface area (Å²) in [5, 5.41) is 7.73. The Balaban J connectivity index is 1.93. The third kappa shape index (κ3) is 3.70. The van der Waals surface area contributed by atoms with E-state index in [1.54, 1.807) is 6.08 Å². The van der Waals surface area contributed by atoms with E-state index in [4.69, 9.17) is 34.7 Å². The Morgan fingerprint density at radius 1 is 1.22 bits per heavy atom. The van der Waals surface area contributed by atoms with Crippen molar-refractivity contribution in [1.82, 2.24) is 9.78 Å². The number of primary amides is 2. The molecule has 1 atom stereocenters. The second-order valence-corrected chi connectivity index (χ2v) is 7.20. The van der Waals surface area contributed by atoms with E-state index in [2.05, 4.69) is 10.4 Å². The quantitative estimate of drug-likeness (QED) is 0.723. The van der Waals surface area contributed by atoms with Crippen molar-refractivity contribution in [3.8, 4) is 5.69 Å². The molecule has 3 rings (SSSR count). The summed E-state index contributed by atoms with van der Waals surface area (Å²) in [5.74, 6) is -0.721. The molecule has 2 aromatic rings. The molecule has 0 fully saturated rings. The molecule has 0 bridgehead atoms. The van der Waals surface area contributed by atoms with Crippen LogP contribution in [0, 0.1) is 0 Å². The van der Waals surface area contributed by atoms with Crippen molar-refractivity contribution in [1.29, 1.82) is 0 Å². The first-order valence-electron chi connectivity index (χ1n) is 8.01. The maximum atomic E-state index is 11.6. The zero-order valence-corrected chi connectivity index (χ0v) is 15.9. The summed E-state index contributed by atoms with van der Waals surface area (Å²) in [5.41, 5.74) is 11.8. The largest absolute Gasteiger partial charge is 0.365 e. The van der Waals surface area contributed by atoms with Gasteiger partial charge in [-0.2, -0.15) is 0 Å². The maximum absolute atomic E-state index is 11.6. The molecule has 0 saturated carbocycles. The second-order valence-electron chi connectivity index (χ2n) is 6.35.